The summed E-state index contributed by atoms with van der Waals surface area (Å²) in [5.41, 5.74) is 1.30. The van der Waals surface area contributed by atoms with Crippen molar-refractivity contribution in [1.29, 1.82) is 0 Å². The van der Waals surface area contributed by atoms with Crippen molar-refractivity contribution >= 4 is 17.3 Å². The monoisotopic (exact) mass is 376 g/mol. The fraction of sp³-hybridized carbons (Fsp3) is 0.474. The zero-order chi connectivity index (χ0) is 18.7. The number of nitrogens with zero attached hydrogens (tertiary/aromatic N) is 2. The highest BCUT2D eigenvalue weighted by Gasteiger charge is 2.40. The van der Waals surface area contributed by atoms with Gasteiger partial charge in [0.2, 0.25) is 0 Å². The predicted molar refractivity (Wildman–Crippen MR) is 101 cm³/mol. The quantitative estimate of drug-likeness (QED) is 0.797. The van der Waals surface area contributed by atoms with Gasteiger partial charge in [0.25, 0.3) is 0 Å². The minimum Gasteiger partial charge on any atom is -0.493 e. The van der Waals surface area contributed by atoms with Crippen LogP contribution in [0.15, 0.2) is 23.6 Å². The summed E-state index contributed by atoms with van der Waals surface area (Å²) in [5, 5.41) is 12.3. The van der Waals surface area contributed by atoms with E-state index >= 15 is 0 Å². The molecule has 0 saturated carbocycles. The van der Waals surface area contributed by atoms with Crippen molar-refractivity contribution in [3.8, 4) is 22.1 Å². The SMILES string of the molecule is CCOc1ccc(-c2nc(CN3CCC(C)(C(=O)O)C3)cs2)cc1OC. The smallest absolute Gasteiger partial charge is 0.310 e. The highest BCUT2D eigenvalue weighted by atomic mass is 32.1. The van der Waals surface area contributed by atoms with Crippen LogP contribution in [0.3, 0.4) is 0 Å². The van der Waals surface area contributed by atoms with E-state index in [1.165, 1.54) is 0 Å². The number of hydrogen-bond donors (Lipinski definition) is 1. The Labute approximate surface area is 157 Å². The molecule has 1 aliphatic rings. The predicted octanol–water partition coefficient (Wildman–Crippen LogP) is 3.51. The fourth-order valence-electron chi connectivity index (χ4n) is 3.18. The number of carboxylic acids is 1. The first-order valence-corrected chi connectivity index (χ1v) is 9.54. The standard InChI is InChI=1S/C19H24N2O4S/c1-4-25-15-6-5-13(9-16(15)24-3)17-20-14(11-26-17)10-21-8-7-19(2,12-21)18(22)23/h5-6,9,11H,4,7-8,10,12H2,1-3H3,(H,22,23). The normalized spacial score (nSPS) is 20.3. The number of hydrogen-bond acceptors (Lipinski definition) is 6. The maximum absolute atomic E-state index is 11.4. The third kappa shape index (κ3) is 3.83. The second kappa shape index (κ2) is 7.63. The van der Waals surface area contributed by atoms with E-state index in [9.17, 15) is 9.90 Å². The molecule has 0 spiro atoms. The van der Waals surface area contributed by atoms with Crippen molar-refractivity contribution < 1.29 is 19.4 Å². The van der Waals surface area contributed by atoms with Gasteiger partial charge in [-0.1, -0.05) is 0 Å². The maximum atomic E-state index is 11.4. The number of aliphatic carboxylic acids is 1. The van der Waals surface area contributed by atoms with E-state index in [-0.39, 0.29) is 0 Å². The van der Waals surface area contributed by atoms with Crippen LogP contribution in [-0.4, -0.2) is 47.8 Å². The molecule has 6 nitrogen and oxygen atoms in total. The summed E-state index contributed by atoms with van der Waals surface area (Å²) in [7, 11) is 1.63. The Hall–Kier alpha value is -2.12. The largest absolute Gasteiger partial charge is 0.493 e. The van der Waals surface area contributed by atoms with Crippen molar-refractivity contribution in [2.75, 3.05) is 26.8 Å². The summed E-state index contributed by atoms with van der Waals surface area (Å²) in [4.78, 5) is 18.3. The number of ether oxygens (including phenoxy) is 2. The van der Waals surface area contributed by atoms with Gasteiger partial charge in [0.15, 0.2) is 11.5 Å². The van der Waals surface area contributed by atoms with E-state index in [4.69, 9.17) is 14.5 Å². The van der Waals surface area contributed by atoms with Crippen LogP contribution < -0.4 is 9.47 Å². The zero-order valence-corrected chi connectivity index (χ0v) is 16.1. The molecule has 140 valence electrons. The molecule has 26 heavy (non-hydrogen) atoms. The Bertz CT molecular complexity index is 792. The maximum Gasteiger partial charge on any atom is 0.310 e. The molecule has 1 fully saturated rings. The van der Waals surface area contributed by atoms with Gasteiger partial charge in [-0.25, -0.2) is 4.98 Å². The molecule has 0 amide bonds. The van der Waals surface area contributed by atoms with Crippen LogP contribution in [0.5, 0.6) is 11.5 Å². The Balaban J connectivity index is 1.71. The zero-order valence-electron chi connectivity index (χ0n) is 15.3. The topological polar surface area (TPSA) is 71.9 Å². The highest BCUT2D eigenvalue weighted by Crippen LogP contribution is 2.35. The van der Waals surface area contributed by atoms with E-state index in [1.807, 2.05) is 37.4 Å². The summed E-state index contributed by atoms with van der Waals surface area (Å²) in [5.74, 6) is 0.693. The van der Waals surface area contributed by atoms with Gasteiger partial charge in [-0.15, -0.1) is 11.3 Å². The first kappa shape index (κ1) is 18.7. The average Bonchev–Trinajstić information content (AvgIpc) is 3.23. The van der Waals surface area contributed by atoms with Crippen molar-refractivity contribution in [2.45, 2.75) is 26.8 Å². The Kier molecular flexibility index (Phi) is 5.48. The Morgan fingerprint density at radius 1 is 1.42 bits per heavy atom. The number of rotatable bonds is 7. The van der Waals surface area contributed by atoms with Crippen molar-refractivity contribution in [3.63, 3.8) is 0 Å². The lowest BCUT2D eigenvalue weighted by Crippen LogP contribution is -2.31. The van der Waals surface area contributed by atoms with Gasteiger partial charge in [0, 0.05) is 24.0 Å². The van der Waals surface area contributed by atoms with Crippen LogP contribution in [0.2, 0.25) is 0 Å². The Morgan fingerprint density at radius 3 is 2.88 bits per heavy atom. The first-order chi connectivity index (χ1) is 12.4. The number of carboxylic acid groups (broad SMARTS) is 1. The summed E-state index contributed by atoms with van der Waals surface area (Å²) in [6.07, 6.45) is 0.676. The van der Waals surface area contributed by atoms with Gasteiger partial charge in [-0.05, 0) is 45.0 Å². The van der Waals surface area contributed by atoms with Crippen LogP contribution in [0.25, 0.3) is 10.6 Å². The van der Waals surface area contributed by atoms with Gasteiger partial charge in [0.1, 0.15) is 5.01 Å². The molecule has 1 aliphatic heterocycles. The number of likely N-dealkylation sites (tertiary alicyclic amines) is 1. The molecule has 0 bridgehead atoms. The lowest BCUT2D eigenvalue weighted by atomic mass is 9.90. The fourth-order valence-corrected chi connectivity index (χ4v) is 3.99. The lowest BCUT2D eigenvalue weighted by Gasteiger charge is -2.19. The second-order valence-electron chi connectivity index (χ2n) is 6.77. The minimum atomic E-state index is -0.722. The summed E-state index contributed by atoms with van der Waals surface area (Å²) in [6.45, 7) is 6.36. The lowest BCUT2D eigenvalue weighted by molar-refractivity contribution is -0.147. The average molecular weight is 376 g/mol. The number of aromatic nitrogens is 1. The van der Waals surface area contributed by atoms with Crippen LogP contribution in [0, 0.1) is 5.41 Å². The van der Waals surface area contributed by atoms with Gasteiger partial charge in [-0.2, -0.15) is 0 Å². The molecular formula is C19H24N2O4S. The molecule has 0 aliphatic carbocycles. The number of methoxy groups -OCH3 is 1. The molecule has 1 unspecified atom stereocenters. The molecule has 1 aromatic carbocycles. The number of carbonyl (C=O) groups is 1. The summed E-state index contributed by atoms with van der Waals surface area (Å²) >= 11 is 1.58. The third-order valence-electron chi connectivity index (χ3n) is 4.72. The van der Waals surface area contributed by atoms with Crippen LogP contribution >= 0.6 is 11.3 Å². The van der Waals surface area contributed by atoms with Gasteiger partial charge in [0.05, 0.1) is 24.8 Å². The van der Waals surface area contributed by atoms with Gasteiger partial charge < -0.3 is 14.6 Å². The van der Waals surface area contributed by atoms with Crippen LogP contribution in [-0.2, 0) is 11.3 Å². The van der Waals surface area contributed by atoms with Crippen LogP contribution in [0.1, 0.15) is 26.0 Å². The number of benzene rings is 1. The molecule has 0 radical (unpaired) electrons. The van der Waals surface area contributed by atoms with E-state index in [0.29, 0.717) is 31.9 Å². The first-order valence-electron chi connectivity index (χ1n) is 8.66. The van der Waals surface area contributed by atoms with E-state index in [2.05, 4.69) is 4.90 Å². The van der Waals surface area contributed by atoms with E-state index in [1.54, 1.807) is 18.4 Å². The van der Waals surface area contributed by atoms with Crippen molar-refractivity contribution in [3.05, 3.63) is 29.3 Å². The molecule has 1 aromatic heterocycles. The minimum absolute atomic E-state index is 0.562. The molecule has 2 aromatic rings. The highest BCUT2D eigenvalue weighted by molar-refractivity contribution is 7.13. The molecule has 1 N–H and O–H groups in total. The van der Waals surface area contributed by atoms with Crippen LogP contribution in [0.4, 0.5) is 0 Å². The molecule has 7 heteroatoms. The molecule has 2 heterocycles. The van der Waals surface area contributed by atoms with Crippen molar-refractivity contribution in [2.24, 2.45) is 5.41 Å². The summed E-state index contributed by atoms with van der Waals surface area (Å²) < 4.78 is 11.0. The molecule has 1 atom stereocenters. The molecule has 1 saturated heterocycles. The summed E-state index contributed by atoms with van der Waals surface area (Å²) in [6, 6.07) is 5.82. The van der Waals surface area contributed by atoms with E-state index < -0.39 is 11.4 Å². The number of thiazole rings is 1. The Morgan fingerprint density at radius 2 is 2.23 bits per heavy atom. The molecule has 3 rings (SSSR count). The second-order valence-corrected chi connectivity index (χ2v) is 7.63. The van der Waals surface area contributed by atoms with Crippen molar-refractivity contribution in [1.82, 2.24) is 9.88 Å². The van der Waals surface area contributed by atoms with Gasteiger partial charge in [-0.3, -0.25) is 9.69 Å². The third-order valence-corrected chi connectivity index (χ3v) is 5.66. The van der Waals surface area contributed by atoms with E-state index in [0.717, 1.165) is 28.6 Å². The van der Waals surface area contributed by atoms with Gasteiger partial charge >= 0.3 is 5.97 Å². The molecular weight excluding hydrogens is 352 g/mol.